The van der Waals surface area contributed by atoms with Gasteiger partial charge >= 0.3 is 0 Å². The van der Waals surface area contributed by atoms with Gasteiger partial charge in [-0.15, -0.1) is 0 Å². The Morgan fingerprint density at radius 1 is 1.13 bits per heavy atom. The lowest BCUT2D eigenvalue weighted by Crippen LogP contribution is -2.39. The summed E-state index contributed by atoms with van der Waals surface area (Å²) in [6.07, 6.45) is 0. The van der Waals surface area contributed by atoms with Gasteiger partial charge in [0.25, 0.3) is 5.91 Å². The van der Waals surface area contributed by atoms with E-state index in [2.05, 4.69) is 27.9 Å². The lowest BCUT2D eigenvalue weighted by Gasteiger charge is -2.16. The second-order valence-electron chi connectivity index (χ2n) is 5.29. The van der Waals surface area contributed by atoms with Gasteiger partial charge in [-0.25, -0.2) is 0 Å². The second-order valence-corrected chi connectivity index (χ2v) is 6.53. The Bertz CT molecular complexity index is 643. The number of amides is 1. The first-order chi connectivity index (χ1) is 11.0. The molecule has 5 heteroatoms. The van der Waals surface area contributed by atoms with Crippen LogP contribution in [0, 0.1) is 10.5 Å². The lowest BCUT2D eigenvalue weighted by molar-refractivity contribution is -0.123. The van der Waals surface area contributed by atoms with E-state index in [0.717, 1.165) is 14.9 Å². The first-order valence-corrected chi connectivity index (χ1v) is 8.48. The zero-order valence-electron chi connectivity index (χ0n) is 13.2. The maximum absolute atomic E-state index is 11.9. The van der Waals surface area contributed by atoms with Gasteiger partial charge in [0.1, 0.15) is 18.1 Å². The van der Waals surface area contributed by atoms with Crippen LogP contribution < -0.4 is 14.8 Å². The maximum Gasteiger partial charge on any atom is 0.258 e. The smallest absolute Gasteiger partial charge is 0.258 e. The van der Waals surface area contributed by atoms with Crippen molar-refractivity contribution in [3.8, 4) is 11.5 Å². The summed E-state index contributed by atoms with van der Waals surface area (Å²) in [5, 5.41) is 2.86. The van der Waals surface area contributed by atoms with Crippen LogP contribution in [0.15, 0.2) is 48.5 Å². The normalized spacial score (nSPS) is 11.6. The highest BCUT2D eigenvalue weighted by atomic mass is 127. The lowest BCUT2D eigenvalue weighted by atomic mass is 10.2. The molecule has 0 radical (unpaired) electrons. The first-order valence-electron chi connectivity index (χ1n) is 7.41. The summed E-state index contributed by atoms with van der Waals surface area (Å²) >= 11 is 2.22. The number of para-hydroxylation sites is 1. The molecule has 0 fully saturated rings. The van der Waals surface area contributed by atoms with Crippen molar-refractivity contribution in [1.82, 2.24) is 5.32 Å². The molecular formula is C18H20INO3. The molecule has 0 spiro atoms. The minimum absolute atomic E-state index is 0.00467. The van der Waals surface area contributed by atoms with Crippen LogP contribution in [0.25, 0.3) is 0 Å². The van der Waals surface area contributed by atoms with Crippen LogP contribution in [0.2, 0.25) is 0 Å². The molecule has 0 bridgehead atoms. The third-order valence-corrected chi connectivity index (χ3v) is 3.89. The highest BCUT2D eigenvalue weighted by molar-refractivity contribution is 14.1. The predicted molar refractivity (Wildman–Crippen MR) is 98.9 cm³/mol. The Hall–Kier alpha value is -1.76. The molecule has 0 aliphatic heterocycles. The third kappa shape index (κ3) is 6.09. The number of hydrogen-bond acceptors (Lipinski definition) is 3. The average Bonchev–Trinajstić information content (AvgIpc) is 2.53. The molecule has 2 aromatic carbocycles. The zero-order chi connectivity index (χ0) is 16.7. The molecule has 1 N–H and O–H groups in total. The summed E-state index contributed by atoms with van der Waals surface area (Å²) in [7, 11) is 0. The number of nitrogens with one attached hydrogen (secondary N) is 1. The van der Waals surface area contributed by atoms with Crippen molar-refractivity contribution in [2.75, 3.05) is 13.2 Å². The second kappa shape index (κ2) is 8.76. The van der Waals surface area contributed by atoms with Crippen molar-refractivity contribution in [2.45, 2.75) is 19.9 Å². The Balaban J connectivity index is 1.72. The maximum atomic E-state index is 11.9. The summed E-state index contributed by atoms with van der Waals surface area (Å²) in [5.41, 5.74) is 1.08. The summed E-state index contributed by atoms with van der Waals surface area (Å²) < 4.78 is 12.3. The van der Waals surface area contributed by atoms with Crippen LogP contribution in [-0.4, -0.2) is 25.2 Å². The van der Waals surface area contributed by atoms with Gasteiger partial charge in [-0.05, 0) is 72.3 Å². The Kier molecular flexibility index (Phi) is 6.70. The highest BCUT2D eigenvalue weighted by Crippen LogP contribution is 2.16. The largest absolute Gasteiger partial charge is 0.491 e. The van der Waals surface area contributed by atoms with E-state index in [1.807, 2.05) is 62.4 Å². The number of ether oxygens (including phenoxy) is 2. The molecule has 1 amide bonds. The molecule has 0 aromatic heterocycles. The van der Waals surface area contributed by atoms with Gasteiger partial charge < -0.3 is 14.8 Å². The Morgan fingerprint density at radius 2 is 1.83 bits per heavy atom. The SMILES string of the molecule is Cc1ccccc1OCC(C)NC(=O)COc1ccc(I)cc1. The minimum Gasteiger partial charge on any atom is -0.491 e. The number of rotatable bonds is 7. The van der Waals surface area contributed by atoms with E-state index < -0.39 is 0 Å². The standard InChI is InChI=1S/C18H20INO3/c1-13-5-3-4-6-17(13)23-11-14(2)20-18(21)12-22-16-9-7-15(19)8-10-16/h3-10,14H,11-12H2,1-2H3,(H,20,21). The van der Waals surface area contributed by atoms with Crippen LogP contribution in [0.1, 0.15) is 12.5 Å². The summed E-state index contributed by atoms with van der Waals surface area (Å²) in [5.74, 6) is 1.36. The van der Waals surface area contributed by atoms with E-state index in [1.165, 1.54) is 0 Å². The van der Waals surface area contributed by atoms with Crippen molar-refractivity contribution in [3.05, 3.63) is 57.7 Å². The number of benzene rings is 2. The van der Waals surface area contributed by atoms with Crippen LogP contribution >= 0.6 is 22.6 Å². The topological polar surface area (TPSA) is 47.6 Å². The van der Waals surface area contributed by atoms with Crippen molar-refractivity contribution in [1.29, 1.82) is 0 Å². The van der Waals surface area contributed by atoms with Gasteiger partial charge in [-0.1, -0.05) is 18.2 Å². The quantitative estimate of drug-likeness (QED) is 0.691. The van der Waals surface area contributed by atoms with Gasteiger partial charge in [0, 0.05) is 3.57 Å². The molecule has 1 unspecified atom stereocenters. The highest BCUT2D eigenvalue weighted by Gasteiger charge is 2.09. The van der Waals surface area contributed by atoms with E-state index in [9.17, 15) is 4.79 Å². The van der Waals surface area contributed by atoms with Crippen LogP contribution in [0.3, 0.4) is 0 Å². The fourth-order valence-corrected chi connectivity index (χ4v) is 2.33. The van der Waals surface area contributed by atoms with Crippen molar-refractivity contribution in [3.63, 3.8) is 0 Å². The van der Waals surface area contributed by atoms with E-state index in [4.69, 9.17) is 9.47 Å². The number of hydrogen-bond donors (Lipinski definition) is 1. The monoisotopic (exact) mass is 425 g/mol. The molecule has 0 aliphatic rings. The predicted octanol–water partition coefficient (Wildman–Crippen LogP) is 3.56. The molecular weight excluding hydrogens is 405 g/mol. The molecule has 122 valence electrons. The summed E-state index contributed by atoms with van der Waals surface area (Å²) in [4.78, 5) is 11.9. The van der Waals surface area contributed by atoms with Gasteiger partial charge in [0.15, 0.2) is 6.61 Å². The van der Waals surface area contributed by atoms with Gasteiger partial charge in [0.05, 0.1) is 6.04 Å². The summed E-state index contributed by atoms with van der Waals surface area (Å²) in [6.45, 7) is 4.31. The number of carbonyl (C=O) groups is 1. The molecule has 2 rings (SSSR count). The van der Waals surface area contributed by atoms with E-state index in [-0.39, 0.29) is 18.6 Å². The van der Waals surface area contributed by atoms with Crippen LogP contribution in [0.4, 0.5) is 0 Å². The minimum atomic E-state index is -0.163. The zero-order valence-corrected chi connectivity index (χ0v) is 15.4. The van der Waals surface area contributed by atoms with Crippen molar-refractivity contribution in [2.24, 2.45) is 0 Å². The van der Waals surface area contributed by atoms with E-state index in [1.54, 1.807) is 0 Å². The molecule has 23 heavy (non-hydrogen) atoms. The van der Waals surface area contributed by atoms with Crippen LogP contribution in [-0.2, 0) is 4.79 Å². The van der Waals surface area contributed by atoms with Crippen molar-refractivity contribution < 1.29 is 14.3 Å². The number of aryl methyl sites for hydroxylation is 1. The number of carbonyl (C=O) groups excluding carboxylic acids is 1. The van der Waals surface area contributed by atoms with Gasteiger partial charge in [0.2, 0.25) is 0 Å². The van der Waals surface area contributed by atoms with Crippen molar-refractivity contribution >= 4 is 28.5 Å². The Morgan fingerprint density at radius 3 is 2.52 bits per heavy atom. The molecule has 4 nitrogen and oxygen atoms in total. The van der Waals surface area contributed by atoms with E-state index >= 15 is 0 Å². The Labute approximate surface area is 150 Å². The molecule has 0 heterocycles. The summed E-state index contributed by atoms with van der Waals surface area (Å²) in [6, 6.07) is 15.3. The molecule has 0 saturated carbocycles. The fraction of sp³-hybridized carbons (Fsp3) is 0.278. The molecule has 0 aliphatic carbocycles. The molecule has 2 aromatic rings. The molecule has 0 saturated heterocycles. The van der Waals surface area contributed by atoms with Crippen LogP contribution in [0.5, 0.6) is 11.5 Å². The first kappa shape index (κ1) is 17.6. The average molecular weight is 425 g/mol. The fourth-order valence-electron chi connectivity index (χ4n) is 1.97. The van der Waals surface area contributed by atoms with Gasteiger partial charge in [-0.3, -0.25) is 4.79 Å². The third-order valence-electron chi connectivity index (χ3n) is 3.17. The number of halogens is 1. The molecule has 1 atom stereocenters. The van der Waals surface area contributed by atoms with Gasteiger partial charge in [-0.2, -0.15) is 0 Å². The van der Waals surface area contributed by atoms with E-state index in [0.29, 0.717) is 12.4 Å².